The summed E-state index contributed by atoms with van der Waals surface area (Å²) >= 11 is 0. The van der Waals surface area contributed by atoms with Crippen LogP contribution >= 0.6 is 0 Å². The molecule has 3 nitrogen and oxygen atoms in total. The van der Waals surface area contributed by atoms with Gasteiger partial charge in [-0.1, -0.05) is 26.0 Å². The minimum atomic E-state index is -0.125. The molecular weight excluding hydrogens is 224 g/mol. The number of hydrogen-bond acceptors (Lipinski definition) is 3. The first-order chi connectivity index (χ1) is 8.49. The van der Waals surface area contributed by atoms with Crippen molar-refractivity contribution < 1.29 is 4.74 Å². The van der Waals surface area contributed by atoms with Crippen LogP contribution in [0.25, 0.3) is 10.9 Å². The first-order valence-corrected chi connectivity index (χ1v) is 6.14. The fraction of sp³-hybridized carbons (Fsp3) is 0.400. The second-order valence-corrected chi connectivity index (χ2v) is 5.27. The predicted molar refractivity (Wildman–Crippen MR) is 75.1 cm³/mol. The number of rotatable bonds is 3. The number of pyridine rings is 1. The van der Waals surface area contributed by atoms with Crippen molar-refractivity contribution in [3.63, 3.8) is 0 Å². The molecule has 1 aromatic carbocycles. The molecule has 0 amide bonds. The van der Waals surface area contributed by atoms with Crippen molar-refractivity contribution in [1.82, 2.24) is 4.98 Å². The van der Waals surface area contributed by atoms with Crippen LogP contribution < -0.4 is 10.5 Å². The molecule has 0 bridgehead atoms. The Morgan fingerprint density at radius 2 is 2.06 bits per heavy atom. The summed E-state index contributed by atoms with van der Waals surface area (Å²) in [5.74, 6) is 0.810. The van der Waals surface area contributed by atoms with E-state index < -0.39 is 0 Å². The number of nitrogens with two attached hydrogens (primary N) is 1. The molecule has 3 heteroatoms. The number of fused-ring (bicyclic) bond motifs is 1. The lowest BCUT2D eigenvalue weighted by Gasteiger charge is -2.23. The maximum Gasteiger partial charge on any atom is 0.145 e. The van der Waals surface area contributed by atoms with E-state index in [-0.39, 0.29) is 5.41 Å². The highest BCUT2D eigenvalue weighted by molar-refractivity contribution is 5.87. The van der Waals surface area contributed by atoms with Crippen molar-refractivity contribution in [3.05, 3.63) is 35.5 Å². The van der Waals surface area contributed by atoms with Crippen molar-refractivity contribution >= 4 is 10.9 Å². The number of benzene rings is 1. The second kappa shape index (κ2) is 4.58. The second-order valence-electron chi connectivity index (χ2n) is 5.27. The third-order valence-corrected chi connectivity index (χ3v) is 3.43. The minimum absolute atomic E-state index is 0.125. The Morgan fingerprint density at radius 3 is 2.67 bits per heavy atom. The van der Waals surface area contributed by atoms with Gasteiger partial charge in [-0.25, -0.2) is 4.98 Å². The van der Waals surface area contributed by atoms with E-state index in [1.165, 1.54) is 5.56 Å². The van der Waals surface area contributed by atoms with Gasteiger partial charge in [-0.15, -0.1) is 0 Å². The predicted octanol–water partition coefficient (Wildman–Crippen LogP) is 2.79. The van der Waals surface area contributed by atoms with E-state index in [1.54, 1.807) is 7.11 Å². The van der Waals surface area contributed by atoms with Gasteiger partial charge < -0.3 is 10.5 Å². The number of hydrogen-bond donors (Lipinski definition) is 1. The fourth-order valence-electron chi connectivity index (χ4n) is 2.01. The maximum absolute atomic E-state index is 5.83. The molecule has 2 N–H and O–H groups in total. The van der Waals surface area contributed by atoms with Crippen molar-refractivity contribution in [2.75, 3.05) is 13.7 Å². The van der Waals surface area contributed by atoms with Crippen LogP contribution in [0.3, 0.4) is 0 Å². The molecule has 0 aliphatic carbocycles. The van der Waals surface area contributed by atoms with E-state index in [0.29, 0.717) is 6.54 Å². The van der Waals surface area contributed by atoms with E-state index in [9.17, 15) is 0 Å². The number of nitrogens with zero attached hydrogens (tertiary/aromatic N) is 1. The summed E-state index contributed by atoms with van der Waals surface area (Å²) in [5.41, 5.74) is 8.84. The number of methoxy groups -OCH3 is 1. The molecule has 2 aromatic rings. The summed E-state index contributed by atoms with van der Waals surface area (Å²) in [6.07, 6.45) is 0. The molecule has 2 rings (SSSR count). The molecule has 0 unspecified atom stereocenters. The summed E-state index contributed by atoms with van der Waals surface area (Å²) < 4.78 is 5.39. The Morgan fingerprint density at radius 1 is 1.33 bits per heavy atom. The number of para-hydroxylation sites is 1. The summed E-state index contributed by atoms with van der Waals surface area (Å²) in [5, 5.41) is 1.13. The first kappa shape index (κ1) is 12.8. The van der Waals surface area contributed by atoms with Crippen LogP contribution in [0.15, 0.2) is 24.3 Å². The van der Waals surface area contributed by atoms with Crippen molar-refractivity contribution in [2.45, 2.75) is 26.2 Å². The zero-order valence-electron chi connectivity index (χ0n) is 11.4. The number of aromatic nitrogens is 1. The molecule has 0 fully saturated rings. The lowest BCUT2D eigenvalue weighted by atomic mass is 9.87. The van der Waals surface area contributed by atoms with Crippen LogP contribution in [0.4, 0.5) is 0 Å². The summed E-state index contributed by atoms with van der Waals surface area (Å²) in [7, 11) is 1.67. The van der Waals surface area contributed by atoms with Crippen molar-refractivity contribution in [3.8, 4) is 5.75 Å². The van der Waals surface area contributed by atoms with Gasteiger partial charge in [-0.2, -0.15) is 0 Å². The first-order valence-electron chi connectivity index (χ1n) is 6.14. The van der Waals surface area contributed by atoms with E-state index in [4.69, 9.17) is 15.5 Å². The van der Waals surface area contributed by atoms with Crippen LogP contribution in [0.1, 0.15) is 25.1 Å². The monoisotopic (exact) mass is 244 g/mol. The highest BCUT2D eigenvalue weighted by Crippen LogP contribution is 2.30. The lowest BCUT2D eigenvalue weighted by Crippen LogP contribution is -2.29. The standard InChI is InChI=1S/C15H20N2O/c1-10-8-13(15(2,3)9-16)17-14-11(10)6-5-7-12(14)18-4/h5-8H,9,16H2,1-4H3. The number of ether oxygens (including phenoxy) is 1. The molecule has 1 aromatic heterocycles. The Bertz CT molecular complexity index is 576. The minimum Gasteiger partial charge on any atom is -0.494 e. The average Bonchev–Trinajstić information content (AvgIpc) is 2.38. The van der Waals surface area contributed by atoms with Crippen molar-refractivity contribution in [2.24, 2.45) is 5.73 Å². The van der Waals surface area contributed by atoms with Gasteiger partial charge in [0.15, 0.2) is 0 Å². The van der Waals surface area contributed by atoms with Gasteiger partial charge in [-0.05, 0) is 24.6 Å². The molecule has 1 heterocycles. The third-order valence-electron chi connectivity index (χ3n) is 3.43. The Hall–Kier alpha value is -1.61. The normalized spacial score (nSPS) is 11.8. The summed E-state index contributed by atoms with van der Waals surface area (Å²) in [6.45, 7) is 6.88. The quantitative estimate of drug-likeness (QED) is 0.903. The molecule has 0 saturated carbocycles. The van der Waals surface area contributed by atoms with E-state index in [0.717, 1.165) is 22.3 Å². The fourth-order valence-corrected chi connectivity index (χ4v) is 2.01. The SMILES string of the molecule is COc1cccc2c(C)cc(C(C)(C)CN)nc12. The molecule has 0 saturated heterocycles. The van der Waals surface area contributed by atoms with Gasteiger partial charge in [0.2, 0.25) is 0 Å². The molecule has 0 radical (unpaired) electrons. The van der Waals surface area contributed by atoms with Crippen LogP contribution in [-0.4, -0.2) is 18.6 Å². The zero-order chi connectivity index (χ0) is 13.3. The summed E-state index contributed by atoms with van der Waals surface area (Å²) in [4.78, 5) is 4.74. The Balaban J connectivity index is 2.74. The van der Waals surface area contributed by atoms with Crippen molar-refractivity contribution in [1.29, 1.82) is 0 Å². The topological polar surface area (TPSA) is 48.1 Å². The Labute approximate surface area is 108 Å². The van der Waals surface area contributed by atoms with Crippen LogP contribution in [0.5, 0.6) is 5.75 Å². The highest BCUT2D eigenvalue weighted by atomic mass is 16.5. The van der Waals surface area contributed by atoms with Crippen LogP contribution in [-0.2, 0) is 5.41 Å². The summed E-state index contributed by atoms with van der Waals surface area (Å²) in [6, 6.07) is 8.12. The van der Waals surface area contributed by atoms with Gasteiger partial charge in [0, 0.05) is 23.0 Å². The van der Waals surface area contributed by atoms with Gasteiger partial charge in [-0.3, -0.25) is 0 Å². The van der Waals surface area contributed by atoms with Crippen LogP contribution in [0, 0.1) is 6.92 Å². The third kappa shape index (κ3) is 2.06. The van der Waals surface area contributed by atoms with E-state index in [1.807, 2.05) is 12.1 Å². The molecule has 18 heavy (non-hydrogen) atoms. The van der Waals surface area contributed by atoms with Gasteiger partial charge in [0.25, 0.3) is 0 Å². The maximum atomic E-state index is 5.83. The van der Waals surface area contributed by atoms with Gasteiger partial charge in [0.05, 0.1) is 7.11 Å². The van der Waals surface area contributed by atoms with E-state index >= 15 is 0 Å². The zero-order valence-corrected chi connectivity index (χ0v) is 11.4. The molecule has 0 spiro atoms. The highest BCUT2D eigenvalue weighted by Gasteiger charge is 2.21. The molecule has 0 aliphatic heterocycles. The average molecular weight is 244 g/mol. The largest absolute Gasteiger partial charge is 0.494 e. The Kier molecular flexibility index (Phi) is 3.26. The molecule has 96 valence electrons. The number of aryl methyl sites for hydroxylation is 1. The molecular formula is C15H20N2O. The van der Waals surface area contributed by atoms with Gasteiger partial charge in [0.1, 0.15) is 11.3 Å². The van der Waals surface area contributed by atoms with Crippen LogP contribution in [0.2, 0.25) is 0 Å². The lowest BCUT2D eigenvalue weighted by molar-refractivity contribution is 0.418. The van der Waals surface area contributed by atoms with E-state index in [2.05, 4.69) is 32.9 Å². The molecule has 0 aliphatic rings. The van der Waals surface area contributed by atoms with Gasteiger partial charge >= 0.3 is 0 Å². The molecule has 0 atom stereocenters. The smallest absolute Gasteiger partial charge is 0.145 e.